The first-order chi connectivity index (χ1) is 19.5. The normalized spacial score (nSPS) is 28.3. The van der Waals surface area contributed by atoms with Crippen LogP contribution in [0.2, 0.25) is 0 Å². The molecule has 2 aromatic rings. The number of rotatable bonds is 10. The molecule has 0 radical (unpaired) electrons. The fraction of sp³-hybridized carbons (Fsp3) is 0.440. The zero-order valence-electron chi connectivity index (χ0n) is 21.9. The van der Waals surface area contributed by atoms with Crippen molar-refractivity contribution in [1.29, 1.82) is 0 Å². The summed E-state index contributed by atoms with van der Waals surface area (Å²) in [5, 5.41) is 34.3. The number of aliphatic hydroxyl groups is 3. The molecule has 0 saturated carbocycles. The molecule has 4 rings (SSSR count). The second-order valence-electron chi connectivity index (χ2n) is 9.15. The number of nitrogens with two attached hydrogens (primary N) is 1. The zero-order chi connectivity index (χ0) is 29.8. The van der Waals surface area contributed by atoms with Crippen molar-refractivity contribution in [3.05, 3.63) is 74.8 Å². The Hall–Kier alpha value is -4.06. The van der Waals surface area contributed by atoms with Gasteiger partial charge in [0.1, 0.15) is 36.3 Å². The molecule has 2 aliphatic heterocycles. The summed E-state index contributed by atoms with van der Waals surface area (Å²) >= 11 is 0. The van der Waals surface area contributed by atoms with Gasteiger partial charge in [0.15, 0.2) is 18.1 Å². The smallest absolute Gasteiger partial charge is 0.330 e. The van der Waals surface area contributed by atoms with Gasteiger partial charge in [-0.15, -0.1) is 0 Å². The Morgan fingerprint density at radius 1 is 1.15 bits per heavy atom. The molecule has 2 aliphatic rings. The van der Waals surface area contributed by atoms with Gasteiger partial charge in [-0.05, 0) is 12.1 Å². The van der Waals surface area contributed by atoms with E-state index in [0.717, 1.165) is 22.9 Å². The van der Waals surface area contributed by atoms with Crippen LogP contribution >= 0.6 is 0 Å². The SMILES string of the molecule is COc1ccccc1CNC(=O)C1=C[C@H](O)[C@H](O)[C@@H](O[C@@H](C(N)=O)[C@H]2O[C@@H](n3ccc(=O)[nH]c3=O)[C@H](O)[C@@H]2OC)O1. The molecule has 3 heterocycles. The van der Waals surface area contributed by atoms with Crippen molar-refractivity contribution in [2.24, 2.45) is 5.73 Å². The van der Waals surface area contributed by atoms with E-state index in [0.29, 0.717) is 11.3 Å². The monoisotopic (exact) mass is 578 g/mol. The Labute approximate surface area is 231 Å². The maximum atomic E-state index is 12.8. The van der Waals surface area contributed by atoms with Crippen LogP contribution in [0.4, 0.5) is 0 Å². The van der Waals surface area contributed by atoms with E-state index in [1.807, 2.05) is 4.98 Å². The molecule has 1 saturated heterocycles. The van der Waals surface area contributed by atoms with Crippen molar-refractivity contribution >= 4 is 11.8 Å². The van der Waals surface area contributed by atoms with Gasteiger partial charge in [0, 0.05) is 31.5 Å². The van der Waals surface area contributed by atoms with Crippen LogP contribution in [0.3, 0.4) is 0 Å². The Balaban J connectivity index is 1.51. The quantitative estimate of drug-likeness (QED) is 0.165. The topological polar surface area (TPSA) is 234 Å². The minimum absolute atomic E-state index is 0.0342. The summed E-state index contributed by atoms with van der Waals surface area (Å²) in [5.41, 5.74) is 4.60. The van der Waals surface area contributed by atoms with Gasteiger partial charge in [0.25, 0.3) is 11.5 Å². The van der Waals surface area contributed by atoms with E-state index >= 15 is 0 Å². The van der Waals surface area contributed by atoms with E-state index in [2.05, 4.69) is 5.32 Å². The van der Waals surface area contributed by atoms with Crippen LogP contribution < -0.4 is 27.0 Å². The van der Waals surface area contributed by atoms with Crippen LogP contribution in [0.1, 0.15) is 11.8 Å². The molecular formula is C25H30N4O12. The number of primary amides is 1. The molecule has 8 atom stereocenters. The van der Waals surface area contributed by atoms with E-state index in [-0.39, 0.29) is 6.54 Å². The maximum Gasteiger partial charge on any atom is 0.330 e. The number of amides is 2. The average molecular weight is 579 g/mol. The molecule has 222 valence electrons. The molecule has 1 aromatic carbocycles. The Morgan fingerprint density at radius 2 is 1.88 bits per heavy atom. The summed E-state index contributed by atoms with van der Waals surface area (Å²) in [6.07, 6.45) is -10.7. The number of methoxy groups -OCH3 is 2. The molecule has 41 heavy (non-hydrogen) atoms. The van der Waals surface area contributed by atoms with E-state index in [1.54, 1.807) is 24.3 Å². The summed E-state index contributed by atoms with van der Waals surface area (Å²) < 4.78 is 28.2. The molecule has 0 aliphatic carbocycles. The lowest BCUT2D eigenvalue weighted by atomic mass is 10.0. The molecule has 7 N–H and O–H groups in total. The first kappa shape index (κ1) is 29.9. The van der Waals surface area contributed by atoms with E-state index in [9.17, 15) is 34.5 Å². The molecule has 0 bridgehead atoms. The highest BCUT2D eigenvalue weighted by Crippen LogP contribution is 2.34. The lowest BCUT2D eigenvalue weighted by molar-refractivity contribution is -0.241. The van der Waals surface area contributed by atoms with E-state index in [4.69, 9.17) is 29.4 Å². The molecule has 0 unspecified atom stereocenters. The van der Waals surface area contributed by atoms with Crippen LogP contribution in [0.15, 0.2) is 58.0 Å². The van der Waals surface area contributed by atoms with Crippen molar-refractivity contribution in [3.8, 4) is 5.75 Å². The summed E-state index contributed by atoms with van der Waals surface area (Å²) in [7, 11) is 2.67. The number of aromatic nitrogens is 2. The van der Waals surface area contributed by atoms with E-state index in [1.165, 1.54) is 14.2 Å². The van der Waals surface area contributed by atoms with Crippen molar-refractivity contribution in [2.45, 2.75) is 55.7 Å². The summed E-state index contributed by atoms with van der Waals surface area (Å²) in [6.45, 7) is 0.0342. The number of nitrogens with one attached hydrogen (secondary N) is 2. The van der Waals surface area contributed by atoms with Crippen LogP contribution in [-0.2, 0) is 35.1 Å². The Morgan fingerprint density at radius 3 is 2.54 bits per heavy atom. The van der Waals surface area contributed by atoms with Crippen molar-refractivity contribution in [2.75, 3.05) is 14.2 Å². The molecule has 16 nitrogen and oxygen atoms in total. The van der Waals surface area contributed by atoms with Gasteiger partial charge in [-0.3, -0.25) is 23.9 Å². The number of hydrogen-bond donors (Lipinski definition) is 6. The van der Waals surface area contributed by atoms with Gasteiger partial charge >= 0.3 is 5.69 Å². The largest absolute Gasteiger partial charge is 0.496 e. The lowest BCUT2D eigenvalue weighted by Crippen LogP contribution is -2.54. The highest BCUT2D eigenvalue weighted by molar-refractivity contribution is 5.91. The number of hydrogen-bond acceptors (Lipinski definition) is 12. The second-order valence-corrected chi connectivity index (χ2v) is 9.15. The first-order valence-corrected chi connectivity index (χ1v) is 12.3. The summed E-state index contributed by atoms with van der Waals surface area (Å²) in [5.74, 6) is -1.80. The predicted molar refractivity (Wildman–Crippen MR) is 136 cm³/mol. The molecule has 16 heteroatoms. The van der Waals surface area contributed by atoms with Crippen LogP contribution in [0.25, 0.3) is 0 Å². The minimum Gasteiger partial charge on any atom is -0.496 e. The predicted octanol–water partition coefficient (Wildman–Crippen LogP) is -3.03. The Bertz CT molecular complexity index is 1410. The number of H-pyrrole nitrogens is 1. The van der Waals surface area contributed by atoms with Crippen LogP contribution in [0, 0.1) is 0 Å². The molecule has 1 aromatic heterocycles. The highest BCUT2D eigenvalue weighted by atomic mass is 16.7. The minimum atomic E-state index is -1.80. The van der Waals surface area contributed by atoms with Crippen LogP contribution in [0.5, 0.6) is 5.75 Å². The number of carbonyl (C=O) groups is 2. The second kappa shape index (κ2) is 12.6. The zero-order valence-corrected chi connectivity index (χ0v) is 21.9. The Kier molecular flexibility index (Phi) is 9.21. The van der Waals surface area contributed by atoms with Crippen molar-refractivity contribution < 1.29 is 48.6 Å². The number of benzene rings is 1. The number of para-hydroxylation sites is 1. The fourth-order valence-electron chi connectivity index (χ4n) is 4.50. The molecule has 0 spiro atoms. The fourth-order valence-corrected chi connectivity index (χ4v) is 4.50. The maximum absolute atomic E-state index is 12.8. The number of carbonyl (C=O) groups excluding carboxylic acids is 2. The van der Waals surface area contributed by atoms with Gasteiger partial charge in [0.05, 0.1) is 7.11 Å². The lowest BCUT2D eigenvalue weighted by Gasteiger charge is -2.35. The summed E-state index contributed by atoms with van der Waals surface area (Å²) in [6, 6.07) is 7.97. The van der Waals surface area contributed by atoms with Crippen molar-refractivity contribution in [3.63, 3.8) is 0 Å². The first-order valence-electron chi connectivity index (χ1n) is 12.3. The van der Waals surface area contributed by atoms with Gasteiger partial charge in [-0.1, -0.05) is 18.2 Å². The number of aromatic amines is 1. The van der Waals surface area contributed by atoms with Gasteiger partial charge in [-0.25, -0.2) is 4.79 Å². The molecule has 2 amide bonds. The summed E-state index contributed by atoms with van der Waals surface area (Å²) in [4.78, 5) is 51.0. The molecular weight excluding hydrogens is 548 g/mol. The van der Waals surface area contributed by atoms with E-state index < -0.39 is 78.0 Å². The van der Waals surface area contributed by atoms with Gasteiger partial charge < -0.3 is 50.1 Å². The van der Waals surface area contributed by atoms with Crippen LogP contribution in [-0.4, -0.2) is 93.8 Å². The highest BCUT2D eigenvalue weighted by Gasteiger charge is 2.52. The molecule has 1 fully saturated rings. The number of nitrogens with zero attached hydrogens (tertiary/aromatic N) is 1. The average Bonchev–Trinajstić information content (AvgIpc) is 3.27. The third-order valence-electron chi connectivity index (χ3n) is 6.56. The standard InChI is InChI=1S/C25H30N4O12/c1-37-13-6-4-3-5-11(13)10-27-22(35)14-9-12(30)16(32)24(39-14)41-20(21(26)34)19-18(38-2)17(33)23(40-19)29-8-7-15(31)28-25(29)36/h3-9,12,16-20,23-24,30,32-33H,10H2,1-2H3,(H2,26,34)(H,27,35)(H,28,31,36)/t12-,16-,17+,18-,19-,20+,23+,24+/m0/s1. The van der Waals surface area contributed by atoms with Gasteiger partial charge in [0.2, 0.25) is 12.2 Å². The number of ether oxygens (including phenoxy) is 5. The third-order valence-corrected chi connectivity index (χ3v) is 6.56. The van der Waals surface area contributed by atoms with Gasteiger partial charge in [-0.2, -0.15) is 0 Å². The third kappa shape index (κ3) is 6.32. The van der Waals surface area contributed by atoms with Crippen molar-refractivity contribution in [1.82, 2.24) is 14.9 Å². The number of aliphatic hydroxyl groups excluding tert-OH is 3.